The average Bonchev–Trinajstić information content (AvgIpc) is 3.38. The van der Waals surface area contributed by atoms with Gasteiger partial charge in [0.25, 0.3) is 0 Å². The molecule has 3 fully saturated rings. The summed E-state index contributed by atoms with van der Waals surface area (Å²) < 4.78 is 1.75. The van der Waals surface area contributed by atoms with Crippen molar-refractivity contribution in [3.8, 4) is 28.6 Å². The van der Waals surface area contributed by atoms with Crippen molar-refractivity contribution >= 4 is 16.9 Å². The van der Waals surface area contributed by atoms with Gasteiger partial charge >= 0.3 is 0 Å². The third-order valence-corrected chi connectivity index (χ3v) is 5.95. The minimum Gasteiger partial charge on any atom is -0.352 e. The van der Waals surface area contributed by atoms with Gasteiger partial charge in [0.1, 0.15) is 11.7 Å². The third kappa shape index (κ3) is 2.65. The van der Waals surface area contributed by atoms with Crippen LogP contribution in [-0.2, 0) is 7.05 Å². The summed E-state index contributed by atoms with van der Waals surface area (Å²) >= 11 is 0. The summed E-state index contributed by atoms with van der Waals surface area (Å²) in [4.78, 5) is 10.0. The first-order valence-electron chi connectivity index (χ1n) is 9.94. The number of aromatic nitrogens is 6. The van der Waals surface area contributed by atoms with E-state index in [-0.39, 0.29) is 0 Å². The van der Waals surface area contributed by atoms with Crippen LogP contribution in [-0.4, -0.2) is 55.1 Å². The lowest BCUT2D eigenvalue weighted by molar-refractivity contribution is 0.225. The summed E-state index contributed by atoms with van der Waals surface area (Å²) in [5.74, 6) is 0.879. The molecule has 9 heteroatoms. The fourth-order valence-electron chi connectivity index (χ4n) is 4.48. The highest BCUT2D eigenvalue weighted by Crippen LogP contribution is 2.33. The number of anilines is 1. The summed E-state index contributed by atoms with van der Waals surface area (Å²) in [5.41, 5.74) is 4.45. The zero-order valence-corrected chi connectivity index (χ0v) is 16.4. The normalized spacial score (nSPS) is 20.2. The molecule has 0 radical (unpaired) electrons. The van der Waals surface area contributed by atoms with Crippen molar-refractivity contribution < 1.29 is 0 Å². The number of hydrogen-bond acceptors (Lipinski definition) is 7. The summed E-state index contributed by atoms with van der Waals surface area (Å²) in [6.45, 7) is 1.92. The van der Waals surface area contributed by atoms with E-state index in [1.807, 2.05) is 31.4 Å². The maximum Gasteiger partial charge on any atom is 0.151 e. The smallest absolute Gasteiger partial charge is 0.151 e. The number of piperazine rings is 1. The minimum atomic E-state index is 0.477. The van der Waals surface area contributed by atoms with E-state index in [2.05, 4.69) is 41.5 Å². The molecule has 0 aliphatic carbocycles. The monoisotopic (exact) mass is 397 g/mol. The Hall–Kier alpha value is -3.77. The molecule has 9 nitrogen and oxygen atoms in total. The van der Waals surface area contributed by atoms with Gasteiger partial charge in [-0.15, -0.1) is 10.2 Å². The van der Waals surface area contributed by atoms with Crippen LogP contribution in [0.4, 0.5) is 5.82 Å². The Kier molecular flexibility index (Phi) is 3.63. The van der Waals surface area contributed by atoms with Crippen LogP contribution in [0.3, 0.4) is 0 Å². The number of aryl methyl sites for hydroxylation is 1. The van der Waals surface area contributed by atoms with E-state index in [1.54, 1.807) is 17.1 Å². The van der Waals surface area contributed by atoms with Crippen molar-refractivity contribution in [2.45, 2.75) is 18.5 Å². The minimum absolute atomic E-state index is 0.477. The Morgan fingerprint density at radius 3 is 2.67 bits per heavy atom. The van der Waals surface area contributed by atoms with Gasteiger partial charge in [0.05, 0.1) is 23.1 Å². The Balaban J connectivity index is 1.41. The number of nitrogens with zero attached hydrogens (tertiary/aromatic N) is 7. The average molecular weight is 397 g/mol. The fraction of sp³-hybridized carbons (Fsp3) is 0.286. The number of piperidine rings is 1. The quantitative estimate of drug-likeness (QED) is 0.542. The Morgan fingerprint density at radius 2 is 2.00 bits per heavy atom. The Bertz CT molecular complexity index is 1280. The largest absolute Gasteiger partial charge is 0.352 e. The molecule has 2 atom stereocenters. The molecule has 2 unspecified atom stereocenters. The van der Waals surface area contributed by atoms with Gasteiger partial charge in [0.15, 0.2) is 5.82 Å². The van der Waals surface area contributed by atoms with E-state index in [4.69, 9.17) is 0 Å². The highest BCUT2D eigenvalue weighted by Gasteiger charge is 2.36. The van der Waals surface area contributed by atoms with Crippen molar-refractivity contribution in [3.63, 3.8) is 0 Å². The standard InChI is InChI=1S/C21H19N9/c1-29-9-13(8-24-29)18-5-16-20(12(6-22)7-23-21(16)26-18)17-2-3-19(28-27-17)30-10-14-4-15(11-30)25-14/h2-3,5,7-9,14-15,25H,4,10-11H2,1H3,(H,23,26). The fourth-order valence-corrected chi connectivity index (χ4v) is 4.48. The molecule has 3 saturated heterocycles. The molecule has 2 N–H and O–H groups in total. The predicted molar refractivity (Wildman–Crippen MR) is 112 cm³/mol. The van der Waals surface area contributed by atoms with Crippen LogP contribution in [0.2, 0.25) is 0 Å². The Labute approximate surface area is 172 Å². The maximum absolute atomic E-state index is 9.68. The van der Waals surface area contributed by atoms with Crippen LogP contribution in [0.5, 0.6) is 0 Å². The van der Waals surface area contributed by atoms with Gasteiger partial charge in [0, 0.05) is 61.1 Å². The van der Waals surface area contributed by atoms with Crippen LogP contribution in [0.25, 0.3) is 33.5 Å². The highest BCUT2D eigenvalue weighted by molar-refractivity contribution is 5.97. The predicted octanol–water partition coefficient (Wildman–Crippen LogP) is 1.84. The van der Waals surface area contributed by atoms with E-state index in [9.17, 15) is 5.26 Å². The number of H-pyrrole nitrogens is 1. The first kappa shape index (κ1) is 17.1. The molecule has 7 heterocycles. The SMILES string of the molecule is Cn1cc(-c2cc3c(-c4ccc(N5CC6CC(C5)N6)nn4)c(C#N)cnc3[nH]2)cn1. The molecular weight excluding hydrogens is 378 g/mol. The van der Waals surface area contributed by atoms with Crippen molar-refractivity contribution in [2.75, 3.05) is 18.0 Å². The van der Waals surface area contributed by atoms with Crippen molar-refractivity contribution in [1.82, 2.24) is 35.3 Å². The first-order valence-corrected chi connectivity index (χ1v) is 9.94. The van der Waals surface area contributed by atoms with Crippen molar-refractivity contribution in [2.24, 2.45) is 7.05 Å². The lowest BCUT2D eigenvalue weighted by Crippen LogP contribution is -2.67. The van der Waals surface area contributed by atoms with Gasteiger partial charge in [-0.1, -0.05) is 0 Å². The molecule has 0 amide bonds. The summed E-state index contributed by atoms with van der Waals surface area (Å²) in [6, 6.07) is 9.30. The molecule has 2 bridgehead atoms. The molecule has 30 heavy (non-hydrogen) atoms. The van der Waals surface area contributed by atoms with Crippen LogP contribution in [0.1, 0.15) is 12.0 Å². The van der Waals surface area contributed by atoms with Crippen molar-refractivity contribution in [3.05, 3.63) is 42.4 Å². The number of hydrogen-bond donors (Lipinski definition) is 2. The second-order valence-electron chi connectivity index (χ2n) is 7.98. The molecule has 7 rings (SSSR count). The second kappa shape index (κ2) is 6.37. The van der Waals surface area contributed by atoms with Crippen LogP contribution < -0.4 is 10.2 Å². The highest BCUT2D eigenvalue weighted by atomic mass is 15.3. The topological polar surface area (TPSA) is 111 Å². The van der Waals surface area contributed by atoms with E-state index in [1.165, 1.54) is 6.42 Å². The van der Waals surface area contributed by atoms with Gasteiger partial charge < -0.3 is 15.2 Å². The Morgan fingerprint density at radius 1 is 1.17 bits per heavy atom. The lowest BCUT2D eigenvalue weighted by atomic mass is 9.91. The van der Waals surface area contributed by atoms with Gasteiger partial charge in [-0.05, 0) is 24.6 Å². The number of fused-ring (bicyclic) bond motifs is 3. The zero-order valence-electron chi connectivity index (χ0n) is 16.4. The molecule has 4 aromatic rings. The van der Waals surface area contributed by atoms with E-state index >= 15 is 0 Å². The molecule has 3 aliphatic rings. The summed E-state index contributed by atoms with van der Waals surface area (Å²) in [6.07, 6.45) is 6.56. The lowest BCUT2D eigenvalue weighted by Gasteiger charge is -2.48. The van der Waals surface area contributed by atoms with Crippen LogP contribution >= 0.6 is 0 Å². The molecule has 0 spiro atoms. The third-order valence-electron chi connectivity index (χ3n) is 5.95. The van der Waals surface area contributed by atoms with Crippen LogP contribution in [0.15, 0.2) is 36.8 Å². The number of nitriles is 1. The molecular formula is C21H19N9. The van der Waals surface area contributed by atoms with Gasteiger partial charge in [-0.3, -0.25) is 4.68 Å². The molecule has 4 aromatic heterocycles. The summed E-state index contributed by atoms with van der Waals surface area (Å²) in [5, 5.41) is 27.3. The molecule has 148 valence electrons. The number of aromatic amines is 1. The van der Waals surface area contributed by atoms with Gasteiger partial charge in [-0.25, -0.2) is 4.98 Å². The first-order chi connectivity index (χ1) is 14.7. The number of rotatable bonds is 3. The van der Waals surface area contributed by atoms with Crippen LogP contribution in [0, 0.1) is 11.3 Å². The zero-order chi connectivity index (χ0) is 20.2. The number of pyridine rings is 1. The maximum atomic E-state index is 9.68. The van der Waals surface area contributed by atoms with E-state index in [0.717, 1.165) is 41.1 Å². The van der Waals surface area contributed by atoms with Gasteiger partial charge in [-0.2, -0.15) is 10.4 Å². The molecule has 0 saturated carbocycles. The van der Waals surface area contributed by atoms with Gasteiger partial charge in [0.2, 0.25) is 0 Å². The molecule has 3 aliphatic heterocycles. The van der Waals surface area contributed by atoms with Crippen molar-refractivity contribution in [1.29, 1.82) is 5.26 Å². The van der Waals surface area contributed by atoms with E-state index < -0.39 is 0 Å². The number of nitrogens with one attached hydrogen (secondary N) is 2. The summed E-state index contributed by atoms with van der Waals surface area (Å²) in [7, 11) is 1.88. The van der Waals surface area contributed by atoms with E-state index in [0.29, 0.717) is 29.0 Å². The second-order valence-corrected chi connectivity index (χ2v) is 7.98. The molecule has 0 aromatic carbocycles.